The Balaban J connectivity index is 2.13. The summed E-state index contributed by atoms with van der Waals surface area (Å²) in [4.78, 5) is 3.29. The number of benzene rings is 2. The molecule has 0 aliphatic carbocycles. The number of para-hydroxylation sites is 1. The van der Waals surface area contributed by atoms with E-state index in [4.69, 9.17) is 11.6 Å². The molecule has 0 spiro atoms. The molecule has 2 nitrogen and oxygen atoms in total. The summed E-state index contributed by atoms with van der Waals surface area (Å²) in [6, 6.07) is 19.8. The summed E-state index contributed by atoms with van der Waals surface area (Å²) in [5.74, 6) is -0.374. The molecule has 1 heterocycles. The van der Waals surface area contributed by atoms with Crippen molar-refractivity contribution in [2.24, 2.45) is 0 Å². The zero-order chi connectivity index (χ0) is 13.2. The summed E-state index contributed by atoms with van der Waals surface area (Å²) in [6.07, 6.45) is 0. The van der Waals surface area contributed by atoms with E-state index in [2.05, 4.69) is 11.1 Å². The highest BCUT2D eigenvalue weighted by Gasteiger charge is 2.18. The van der Waals surface area contributed by atoms with Crippen molar-refractivity contribution in [1.29, 1.82) is 5.26 Å². The standard InChI is InChI=1S/C16H11ClN2/c17-14-7-3-2-6-12(14)13(10-18)16-9-11-5-1-4-8-15(11)19-16/h1-9,13,19H. The van der Waals surface area contributed by atoms with Crippen molar-refractivity contribution in [1.82, 2.24) is 4.98 Å². The second kappa shape index (κ2) is 4.79. The van der Waals surface area contributed by atoms with Crippen molar-refractivity contribution in [3.05, 3.63) is 70.9 Å². The highest BCUT2D eigenvalue weighted by molar-refractivity contribution is 6.31. The lowest BCUT2D eigenvalue weighted by atomic mass is 9.97. The summed E-state index contributed by atoms with van der Waals surface area (Å²) in [7, 11) is 0. The van der Waals surface area contributed by atoms with E-state index in [0.717, 1.165) is 22.2 Å². The highest BCUT2D eigenvalue weighted by Crippen LogP contribution is 2.30. The van der Waals surface area contributed by atoms with Gasteiger partial charge in [0.15, 0.2) is 0 Å². The summed E-state index contributed by atoms with van der Waals surface area (Å²) < 4.78 is 0. The maximum Gasteiger partial charge on any atom is 0.113 e. The molecule has 1 N–H and O–H groups in total. The van der Waals surface area contributed by atoms with Crippen molar-refractivity contribution < 1.29 is 0 Å². The molecule has 0 bridgehead atoms. The quantitative estimate of drug-likeness (QED) is 0.730. The van der Waals surface area contributed by atoms with Crippen LogP contribution in [0.2, 0.25) is 5.02 Å². The van der Waals surface area contributed by atoms with Gasteiger partial charge in [-0.1, -0.05) is 48.0 Å². The van der Waals surface area contributed by atoms with Gasteiger partial charge in [0, 0.05) is 16.2 Å². The average molecular weight is 267 g/mol. The number of nitrogens with one attached hydrogen (secondary N) is 1. The number of nitrogens with zero attached hydrogens (tertiary/aromatic N) is 1. The van der Waals surface area contributed by atoms with Crippen LogP contribution in [-0.2, 0) is 0 Å². The lowest BCUT2D eigenvalue weighted by Gasteiger charge is -2.09. The third-order valence-corrected chi connectivity index (χ3v) is 3.55. The van der Waals surface area contributed by atoms with Gasteiger partial charge in [-0.25, -0.2) is 0 Å². The molecule has 0 radical (unpaired) electrons. The predicted molar refractivity (Wildman–Crippen MR) is 77.2 cm³/mol. The number of hydrogen-bond donors (Lipinski definition) is 1. The largest absolute Gasteiger partial charge is 0.357 e. The van der Waals surface area contributed by atoms with Crippen LogP contribution in [-0.4, -0.2) is 4.98 Å². The van der Waals surface area contributed by atoms with Crippen LogP contribution in [0.15, 0.2) is 54.6 Å². The van der Waals surface area contributed by atoms with Gasteiger partial charge >= 0.3 is 0 Å². The molecule has 2 aromatic carbocycles. The third kappa shape index (κ3) is 2.09. The first-order valence-electron chi connectivity index (χ1n) is 6.01. The van der Waals surface area contributed by atoms with Crippen molar-refractivity contribution in [3.8, 4) is 6.07 Å². The van der Waals surface area contributed by atoms with Gasteiger partial charge in [0.25, 0.3) is 0 Å². The van der Waals surface area contributed by atoms with Crippen LogP contribution in [0.4, 0.5) is 0 Å². The minimum Gasteiger partial charge on any atom is -0.357 e. The summed E-state index contributed by atoms with van der Waals surface area (Å²) in [6.45, 7) is 0. The Labute approximate surface area is 116 Å². The maximum atomic E-state index is 9.45. The number of H-pyrrole nitrogens is 1. The highest BCUT2D eigenvalue weighted by atomic mass is 35.5. The van der Waals surface area contributed by atoms with Gasteiger partial charge in [-0.05, 0) is 29.1 Å². The molecule has 0 aliphatic rings. The Hall–Kier alpha value is -2.24. The molecule has 3 rings (SSSR count). The fourth-order valence-electron chi connectivity index (χ4n) is 2.27. The average Bonchev–Trinajstić information content (AvgIpc) is 2.85. The van der Waals surface area contributed by atoms with Gasteiger partial charge in [0.2, 0.25) is 0 Å². The summed E-state index contributed by atoms with van der Waals surface area (Å²) in [5.41, 5.74) is 2.74. The fraction of sp³-hybridized carbons (Fsp3) is 0.0625. The molecule has 0 aliphatic heterocycles. The fourth-order valence-corrected chi connectivity index (χ4v) is 2.51. The van der Waals surface area contributed by atoms with E-state index >= 15 is 0 Å². The Morgan fingerprint density at radius 1 is 1.05 bits per heavy atom. The number of aromatic nitrogens is 1. The van der Waals surface area contributed by atoms with Crippen LogP contribution in [0.1, 0.15) is 17.2 Å². The molecule has 0 saturated carbocycles. The first-order chi connectivity index (χ1) is 9.29. The third-order valence-electron chi connectivity index (χ3n) is 3.21. The van der Waals surface area contributed by atoms with E-state index in [1.54, 1.807) is 0 Å². The van der Waals surface area contributed by atoms with E-state index < -0.39 is 0 Å². The van der Waals surface area contributed by atoms with Crippen LogP contribution >= 0.6 is 11.6 Å². The lowest BCUT2D eigenvalue weighted by Crippen LogP contribution is -1.99. The minimum atomic E-state index is -0.374. The Kier molecular flexibility index (Phi) is 2.98. The van der Waals surface area contributed by atoms with Gasteiger partial charge in [-0.2, -0.15) is 5.26 Å². The molecule has 0 saturated heterocycles. The van der Waals surface area contributed by atoms with Gasteiger partial charge < -0.3 is 4.98 Å². The lowest BCUT2D eigenvalue weighted by molar-refractivity contribution is 0.992. The molecule has 0 amide bonds. The van der Waals surface area contributed by atoms with Crippen molar-refractivity contribution in [2.75, 3.05) is 0 Å². The second-order valence-electron chi connectivity index (χ2n) is 4.40. The van der Waals surface area contributed by atoms with Crippen LogP contribution in [0, 0.1) is 11.3 Å². The number of hydrogen-bond acceptors (Lipinski definition) is 1. The van der Waals surface area contributed by atoms with Crippen molar-refractivity contribution in [3.63, 3.8) is 0 Å². The van der Waals surface area contributed by atoms with E-state index in [1.165, 1.54) is 0 Å². The zero-order valence-electron chi connectivity index (χ0n) is 10.1. The molecular formula is C16H11ClN2. The number of halogens is 1. The molecule has 92 valence electrons. The van der Waals surface area contributed by atoms with Gasteiger partial charge in [-0.3, -0.25) is 0 Å². The molecule has 1 aromatic heterocycles. The molecule has 19 heavy (non-hydrogen) atoms. The Morgan fingerprint density at radius 2 is 1.79 bits per heavy atom. The number of aromatic amines is 1. The van der Waals surface area contributed by atoms with Crippen LogP contribution in [0.25, 0.3) is 10.9 Å². The molecule has 3 aromatic rings. The normalized spacial score (nSPS) is 12.2. The molecule has 3 heteroatoms. The Bertz CT molecular complexity index is 735. The number of rotatable bonds is 2. The molecule has 1 atom stereocenters. The van der Waals surface area contributed by atoms with Crippen molar-refractivity contribution >= 4 is 22.5 Å². The van der Waals surface area contributed by atoms with E-state index in [-0.39, 0.29) is 5.92 Å². The number of nitriles is 1. The summed E-state index contributed by atoms with van der Waals surface area (Å²) in [5, 5.41) is 11.2. The maximum absolute atomic E-state index is 9.45. The van der Waals surface area contributed by atoms with E-state index in [9.17, 15) is 5.26 Å². The molecule has 0 fully saturated rings. The van der Waals surface area contributed by atoms with Crippen LogP contribution in [0.5, 0.6) is 0 Å². The second-order valence-corrected chi connectivity index (χ2v) is 4.80. The summed E-state index contributed by atoms with van der Waals surface area (Å²) >= 11 is 6.18. The van der Waals surface area contributed by atoms with Crippen LogP contribution < -0.4 is 0 Å². The van der Waals surface area contributed by atoms with E-state index in [0.29, 0.717) is 5.02 Å². The SMILES string of the molecule is N#CC(c1cc2ccccc2[nH]1)c1ccccc1Cl. The van der Waals surface area contributed by atoms with Gasteiger partial charge in [0.05, 0.1) is 6.07 Å². The first-order valence-corrected chi connectivity index (χ1v) is 6.39. The molecule has 1 unspecified atom stereocenters. The monoisotopic (exact) mass is 266 g/mol. The predicted octanol–water partition coefficient (Wildman–Crippen LogP) is 4.48. The Morgan fingerprint density at radius 3 is 2.53 bits per heavy atom. The van der Waals surface area contributed by atoms with Gasteiger partial charge in [0.1, 0.15) is 5.92 Å². The van der Waals surface area contributed by atoms with Gasteiger partial charge in [-0.15, -0.1) is 0 Å². The van der Waals surface area contributed by atoms with E-state index in [1.807, 2.05) is 54.6 Å². The van der Waals surface area contributed by atoms with Crippen molar-refractivity contribution in [2.45, 2.75) is 5.92 Å². The minimum absolute atomic E-state index is 0.374. The first kappa shape index (κ1) is 11.8. The topological polar surface area (TPSA) is 39.6 Å². The smallest absolute Gasteiger partial charge is 0.113 e. The number of fused-ring (bicyclic) bond motifs is 1. The molecular weight excluding hydrogens is 256 g/mol. The van der Waals surface area contributed by atoms with Crippen LogP contribution in [0.3, 0.4) is 0 Å². The zero-order valence-corrected chi connectivity index (χ0v) is 10.9.